The minimum Gasteiger partial charge on any atom is -0.142 e. The van der Waals surface area contributed by atoms with Crippen LogP contribution in [0.3, 0.4) is 0 Å². The molecule has 2 heteroatoms. The Morgan fingerprint density at radius 1 is 0.750 bits per heavy atom. The quantitative estimate of drug-likeness (QED) is 0.344. The van der Waals surface area contributed by atoms with Crippen molar-refractivity contribution in [2.75, 3.05) is 11.5 Å². The van der Waals surface area contributed by atoms with Crippen LogP contribution < -0.4 is 0 Å². The maximum atomic E-state index is 2.30. The molecule has 2 rings (SSSR count). The summed E-state index contributed by atoms with van der Waals surface area (Å²) in [5, 5.41) is 0. The Balaban J connectivity index is 1.43. The standard InChI is InChI=1S/C22H36S2/c1-2-3-4-5-6-7-8-9-10-12-15-20-18-23-22(24-19-20)21-16-13-11-14-17-21/h11,13-14,16-17,20,22H,2-10,12,15,18-19H2,1H3. The smallest absolute Gasteiger partial charge is 0.0751 e. The number of hydrogen-bond donors (Lipinski definition) is 0. The van der Waals surface area contributed by atoms with Gasteiger partial charge in [0.2, 0.25) is 0 Å². The molecule has 1 aromatic rings. The van der Waals surface area contributed by atoms with Gasteiger partial charge in [0.1, 0.15) is 0 Å². The second kappa shape index (κ2) is 13.2. The van der Waals surface area contributed by atoms with E-state index < -0.39 is 0 Å². The van der Waals surface area contributed by atoms with E-state index in [1.165, 1.54) is 87.7 Å². The minimum absolute atomic E-state index is 0.676. The van der Waals surface area contributed by atoms with E-state index in [-0.39, 0.29) is 0 Å². The van der Waals surface area contributed by atoms with Crippen molar-refractivity contribution < 1.29 is 0 Å². The van der Waals surface area contributed by atoms with E-state index in [1.54, 1.807) is 0 Å². The van der Waals surface area contributed by atoms with E-state index in [2.05, 4.69) is 60.8 Å². The van der Waals surface area contributed by atoms with Crippen molar-refractivity contribution in [2.24, 2.45) is 5.92 Å². The molecule has 0 nitrogen and oxygen atoms in total. The van der Waals surface area contributed by atoms with Crippen LogP contribution in [0.1, 0.15) is 87.7 Å². The highest BCUT2D eigenvalue weighted by molar-refractivity contribution is 8.16. The molecule has 24 heavy (non-hydrogen) atoms. The first kappa shape index (κ1) is 20.2. The SMILES string of the molecule is CCCCCCCCCCCCC1CSC(c2ccccc2)SC1. The van der Waals surface area contributed by atoms with Crippen LogP contribution >= 0.6 is 23.5 Å². The first-order valence-corrected chi connectivity index (χ1v) is 12.3. The van der Waals surface area contributed by atoms with Gasteiger partial charge in [-0.15, -0.1) is 23.5 Å². The fraction of sp³-hybridized carbons (Fsp3) is 0.727. The van der Waals surface area contributed by atoms with Crippen LogP contribution in [0, 0.1) is 5.92 Å². The summed E-state index contributed by atoms with van der Waals surface area (Å²) >= 11 is 4.34. The summed E-state index contributed by atoms with van der Waals surface area (Å²) in [6, 6.07) is 11.0. The minimum atomic E-state index is 0.676. The van der Waals surface area contributed by atoms with Gasteiger partial charge in [0.25, 0.3) is 0 Å². The molecule has 1 aliphatic heterocycles. The van der Waals surface area contributed by atoms with Crippen LogP contribution in [0.2, 0.25) is 0 Å². The predicted molar refractivity (Wildman–Crippen MR) is 114 cm³/mol. The Bertz CT molecular complexity index is 396. The van der Waals surface area contributed by atoms with Gasteiger partial charge in [0.15, 0.2) is 0 Å². The normalized spacial score (nSPS) is 21.0. The van der Waals surface area contributed by atoms with Gasteiger partial charge in [0, 0.05) is 0 Å². The van der Waals surface area contributed by atoms with Gasteiger partial charge in [0.05, 0.1) is 4.58 Å². The van der Waals surface area contributed by atoms with Crippen molar-refractivity contribution in [3.05, 3.63) is 35.9 Å². The molecule has 0 spiro atoms. The van der Waals surface area contributed by atoms with Gasteiger partial charge in [-0.3, -0.25) is 0 Å². The van der Waals surface area contributed by atoms with Crippen molar-refractivity contribution >= 4 is 23.5 Å². The number of thioether (sulfide) groups is 2. The Kier molecular flexibility index (Phi) is 11.1. The molecule has 0 amide bonds. The van der Waals surface area contributed by atoms with E-state index >= 15 is 0 Å². The molecular formula is C22H36S2. The Morgan fingerprint density at radius 2 is 1.29 bits per heavy atom. The highest BCUT2D eigenvalue weighted by Crippen LogP contribution is 2.46. The van der Waals surface area contributed by atoms with Crippen LogP contribution in [0.5, 0.6) is 0 Å². The number of unbranched alkanes of at least 4 members (excludes halogenated alkanes) is 9. The topological polar surface area (TPSA) is 0 Å². The summed E-state index contributed by atoms with van der Waals surface area (Å²) < 4.78 is 0.676. The van der Waals surface area contributed by atoms with Crippen LogP contribution in [0.25, 0.3) is 0 Å². The molecule has 1 aliphatic rings. The molecule has 0 atom stereocenters. The van der Waals surface area contributed by atoms with E-state index in [9.17, 15) is 0 Å². The Morgan fingerprint density at radius 3 is 1.88 bits per heavy atom. The summed E-state index contributed by atoms with van der Waals surface area (Å²) in [5.74, 6) is 3.68. The van der Waals surface area contributed by atoms with E-state index in [1.807, 2.05) is 0 Å². The monoisotopic (exact) mass is 364 g/mol. The van der Waals surface area contributed by atoms with Crippen molar-refractivity contribution in [1.82, 2.24) is 0 Å². The van der Waals surface area contributed by atoms with Crippen molar-refractivity contribution in [3.8, 4) is 0 Å². The van der Waals surface area contributed by atoms with Crippen molar-refractivity contribution in [2.45, 2.75) is 82.1 Å². The molecule has 0 N–H and O–H groups in total. The third-order valence-corrected chi connectivity index (χ3v) is 8.30. The van der Waals surface area contributed by atoms with E-state index in [4.69, 9.17) is 0 Å². The van der Waals surface area contributed by atoms with E-state index in [0.717, 1.165) is 5.92 Å². The number of hydrogen-bond acceptors (Lipinski definition) is 2. The number of benzene rings is 1. The van der Waals surface area contributed by atoms with Gasteiger partial charge in [-0.1, -0.05) is 101 Å². The van der Waals surface area contributed by atoms with Crippen LogP contribution in [0.4, 0.5) is 0 Å². The molecular weight excluding hydrogens is 328 g/mol. The fourth-order valence-electron chi connectivity index (χ4n) is 3.43. The van der Waals surface area contributed by atoms with Gasteiger partial charge in [-0.05, 0) is 29.4 Å². The second-order valence-electron chi connectivity index (χ2n) is 7.25. The maximum absolute atomic E-state index is 2.30. The Labute approximate surface area is 159 Å². The van der Waals surface area contributed by atoms with Crippen molar-refractivity contribution in [1.29, 1.82) is 0 Å². The molecule has 0 aliphatic carbocycles. The maximum Gasteiger partial charge on any atom is 0.0751 e. The molecule has 0 unspecified atom stereocenters. The largest absolute Gasteiger partial charge is 0.142 e. The lowest BCUT2D eigenvalue weighted by Crippen LogP contribution is -2.14. The average molecular weight is 365 g/mol. The van der Waals surface area contributed by atoms with Gasteiger partial charge in [-0.25, -0.2) is 0 Å². The zero-order valence-electron chi connectivity index (χ0n) is 15.6. The molecule has 1 saturated heterocycles. The summed E-state index contributed by atoms with van der Waals surface area (Å²) in [6.45, 7) is 2.30. The highest BCUT2D eigenvalue weighted by atomic mass is 32.2. The van der Waals surface area contributed by atoms with E-state index in [0.29, 0.717) is 4.58 Å². The third kappa shape index (κ3) is 8.34. The summed E-state index contributed by atoms with van der Waals surface area (Å²) in [7, 11) is 0. The average Bonchev–Trinajstić information content (AvgIpc) is 2.64. The lowest BCUT2D eigenvalue weighted by molar-refractivity contribution is 0.512. The lowest BCUT2D eigenvalue weighted by atomic mass is 10.0. The molecule has 1 aromatic carbocycles. The zero-order chi connectivity index (χ0) is 16.9. The second-order valence-corrected chi connectivity index (χ2v) is 9.82. The van der Waals surface area contributed by atoms with Crippen LogP contribution in [-0.4, -0.2) is 11.5 Å². The molecule has 136 valence electrons. The molecule has 0 bridgehead atoms. The third-order valence-electron chi connectivity index (χ3n) is 5.00. The van der Waals surface area contributed by atoms with Gasteiger partial charge >= 0.3 is 0 Å². The van der Waals surface area contributed by atoms with Crippen molar-refractivity contribution in [3.63, 3.8) is 0 Å². The van der Waals surface area contributed by atoms with Gasteiger partial charge < -0.3 is 0 Å². The Hall–Kier alpha value is -0.0800. The first-order valence-electron chi connectivity index (χ1n) is 10.2. The zero-order valence-corrected chi connectivity index (χ0v) is 17.2. The molecule has 1 fully saturated rings. The summed E-state index contributed by atoms with van der Waals surface area (Å²) in [5.41, 5.74) is 1.50. The van der Waals surface area contributed by atoms with Crippen LogP contribution in [-0.2, 0) is 0 Å². The molecule has 1 heterocycles. The highest BCUT2D eigenvalue weighted by Gasteiger charge is 2.22. The summed E-state index contributed by atoms with van der Waals surface area (Å²) in [6.07, 6.45) is 16.0. The first-order chi connectivity index (χ1) is 11.9. The molecule has 0 radical (unpaired) electrons. The molecule has 0 saturated carbocycles. The van der Waals surface area contributed by atoms with Crippen LogP contribution in [0.15, 0.2) is 30.3 Å². The lowest BCUT2D eigenvalue weighted by Gasteiger charge is -2.28. The van der Waals surface area contributed by atoms with Gasteiger partial charge in [-0.2, -0.15) is 0 Å². The molecule has 0 aromatic heterocycles. The fourth-order valence-corrected chi connectivity index (χ4v) is 6.60. The predicted octanol–water partition coefficient (Wildman–Crippen LogP) is 8.09. The summed E-state index contributed by atoms with van der Waals surface area (Å²) in [4.78, 5) is 0. The number of rotatable bonds is 12.